The molecule has 3 heterocycles. The third kappa shape index (κ3) is 4.10. The van der Waals surface area contributed by atoms with Crippen molar-refractivity contribution >= 4 is 17.4 Å². The molecule has 1 aliphatic carbocycles. The second-order valence-electron chi connectivity index (χ2n) is 7.88. The zero-order valence-corrected chi connectivity index (χ0v) is 15.5. The number of nitrogens with zero attached hydrogens (tertiary/aromatic N) is 3. The van der Waals surface area contributed by atoms with Crippen LogP contribution >= 0.6 is 11.6 Å². The standard InChI is InChI=1S/C18H25ClF2N4O/c19-17-15(18(20)21)7-16(23-24-17)22-14-5-12-9-25(10-13(12)6-14)8-11-1-3-26-4-2-11/h7,11-14,18H,1-6,8-10H2,(H,22,23)/t12-,13+,14+. The van der Waals surface area contributed by atoms with E-state index < -0.39 is 6.43 Å². The second kappa shape index (κ2) is 7.90. The number of alkyl halides is 2. The molecule has 8 heteroatoms. The van der Waals surface area contributed by atoms with Crippen LogP contribution in [0.25, 0.3) is 0 Å². The molecule has 1 N–H and O–H groups in total. The van der Waals surface area contributed by atoms with Gasteiger partial charge in [0.25, 0.3) is 6.43 Å². The van der Waals surface area contributed by atoms with E-state index in [4.69, 9.17) is 16.3 Å². The third-order valence-electron chi connectivity index (χ3n) is 6.05. The molecule has 0 bridgehead atoms. The molecule has 0 aromatic carbocycles. The maximum absolute atomic E-state index is 13.0. The molecule has 3 aliphatic rings. The molecule has 1 saturated carbocycles. The predicted octanol–water partition coefficient (Wildman–Crippen LogP) is 3.62. The lowest BCUT2D eigenvalue weighted by molar-refractivity contribution is 0.0545. The highest BCUT2D eigenvalue weighted by molar-refractivity contribution is 6.30. The van der Waals surface area contributed by atoms with Gasteiger partial charge in [-0.25, -0.2) is 8.78 Å². The van der Waals surface area contributed by atoms with Crippen molar-refractivity contribution in [1.82, 2.24) is 15.1 Å². The van der Waals surface area contributed by atoms with Crippen molar-refractivity contribution in [3.63, 3.8) is 0 Å². The number of hydrogen-bond donors (Lipinski definition) is 1. The predicted molar refractivity (Wildman–Crippen MR) is 95.6 cm³/mol. The van der Waals surface area contributed by atoms with E-state index in [1.807, 2.05) is 0 Å². The molecular weight excluding hydrogens is 362 g/mol. The Hall–Kier alpha value is -1.05. The summed E-state index contributed by atoms with van der Waals surface area (Å²) in [6.45, 7) is 5.29. The fraction of sp³-hybridized carbons (Fsp3) is 0.778. The highest BCUT2D eigenvalue weighted by Gasteiger charge is 2.41. The van der Waals surface area contributed by atoms with E-state index in [2.05, 4.69) is 20.4 Å². The Bertz CT molecular complexity index is 615. The quantitative estimate of drug-likeness (QED) is 0.837. The maximum atomic E-state index is 13.0. The number of aromatic nitrogens is 2. The Morgan fingerprint density at radius 1 is 1.19 bits per heavy atom. The van der Waals surface area contributed by atoms with Gasteiger partial charge in [-0.3, -0.25) is 0 Å². The number of anilines is 1. The van der Waals surface area contributed by atoms with Crippen molar-refractivity contribution in [3.05, 3.63) is 16.8 Å². The van der Waals surface area contributed by atoms with Gasteiger partial charge in [0.2, 0.25) is 0 Å². The van der Waals surface area contributed by atoms with Crippen LogP contribution in [0, 0.1) is 17.8 Å². The summed E-state index contributed by atoms with van der Waals surface area (Å²) in [5, 5.41) is 10.6. The summed E-state index contributed by atoms with van der Waals surface area (Å²) in [5.41, 5.74) is -0.259. The van der Waals surface area contributed by atoms with Crippen LogP contribution in [0.1, 0.15) is 37.7 Å². The minimum Gasteiger partial charge on any atom is -0.381 e. The molecule has 0 amide bonds. The molecule has 0 unspecified atom stereocenters. The Balaban J connectivity index is 1.29. The van der Waals surface area contributed by atoms with Crippen LogP contribution in [-0.2, 0) is 4.74 Å². The first kappa shape index (κ1) is 18.3. The lowest BCUT2D eigenvalue weighted by Crippen LogP contribution is -2.32. The van der Waals surface area contributed by atoms with E-state index in [9.17, 15) is 8.78 Å². The maximum Gasteiger partial charge on any atom is 0.267 e. The lowest BCUT2D eigenvalue weighted by Gasteiger charge is -2.27. The van der Waals surface area contributed by atoms with Crippen molar-refractivity contribution in [2.24, 2.45) is 17.8 Å². The molecule has 26 heavy (non-hydrogen) atoms. The first-order chi connectivity index (χ1) is 12.6. The van der Waals surface area contributed by atoms with Crippen LogP contribution < -0.4 is 5.32 Å². The minimum absolute atomic E-state index is 0.224. The van der Waals surface area contributed by atoms with Gasteiger partial charge in [-0.2, -0.15) is 0 Å². The zero-order valence-electron chi connectivity index (χ0n) is 14.7. The highest BCUT2D eigenvalue weighted by Crippen LogP contribution is 2.40. The number of halogens is 3. The molecule has 4 rings (SSSR count). The fourth-order valence-electron chi connectivity index (χ4n) is 4.78. The van der Waals surface area contributed by atoms with Crippen molar-refractivity contribution < 1.29 is 13.5 Å². The Morgan fingerprint density at radius 2 is 1.88 bits per heavy atom. The summed E-state index contributed by atoms with van der Waals surface area (Å²) in [6.07, 6.45) is 1.84. The number of nitrogens with one attached hydrogen (secondary N) is 1. The minimum atomic E-state index is -2.64. The van der Waals surface area contributed by atoms with Gasteiger partial charge < -0.3 is 15.0 Å². The third-order valence-corrected chi connectivity index (χ3v) is 6.34. The van der Waals surface area contributed by atoms with Crippen LogP contribution in [0.4, 0.5) is 14.6 Å². The summed E-state index contributed by atoms with van der Waals surface area (Å²) in [7, 11) is 0. The lowest BCUT2D eigenvalue weighted by atomic mass is 10.00. The average Bonchev–Trinajstić information content (AvgIpc) is 3.15. The van der Waals surface area contributed by atoms with Gasteiger partial charge in [-0.15, -0.1) is 10.2 Å². The van der Waals surface area contributed by atoms with Gasteiger partial charge in [0, 0.05) is 38.9 Å². The second-order valence-corrected chi connectivity index (χ2v) is 8.24. The molecule has 0 spiro atoms. The zero-order chi connectivity index (χ0) is 18.1. The smallest absolute Gasteiger partial charge is 0.267 e. The van der Waals surface area contributed by atoms with E-state index in [-0.39, 0.29) is 16.8 Å². The number of ether oxygens (including phenoxy) is 1. The van der Waals surface area contributed by atoms with Crippen molar-refractivity contribution in [3.8, 4) is 0 Å². The molecule has 5 nitrogen and oxygen atoms in total. The molecule has 2 aliphatic heterocycles. The number of rotatable bonds is 5. The number of hydrogen-bond acceptors (Lipinski definition) is 5. The molecule has 2 saturated heterocycles. The van der Waals surface area contributed by atoms with Crippen LogP contribution in [0.5, 0.6) is 0 Å². The molecule has 0 radical (unpaired) electrons. The van der Waals surface area contributed by atoms with Crippen molar-refractivity contribution in [2.75, 3.05) is 38.2 Å². The van der Waals surface area contributed by atoms with Gasteiger partial charge in [0.1, 0.15) is 5.82 Å². The van der Waals surface area contributed by atoms with Gasteiger partial charge in [-0.1, -0.05) is 11.6 Å². The van der Waals surface area contributed by atoms with Crippen LogP contribution in [0.2, 0.25) is 5.15 Å². The van der Waals surface area contributed by atoms with Crippen molar-refractivity contribution in [1.29, 1.82) is 0 Å². The van der Waals surface area contributed by atoms with Gasteiger partial charge in [0.15, 0.2) is 5.15 Å². The monoisotopic (exact) mass is 386 g/mol. The van der Waals surface area contributed by atoms with Gasteiger partial charge in [-0.05, 0) is 49.5 Å². The van der Waals surface area contributed by atoms with Crippen LogP contribution in [-0.4, -0.2) is 54.0 Å². The molecule has 3 atom stereocenters. The largest absolute Gasteiger partial charge is 0.381 e. The Labute approximate surface area is 157 Å². The number of fused-ring (bicyclic) bond motifs is 1. The van der Waals surface area contributed by atoms with E-state index in [0.29, 0.717) is 17.7 Å². The summed E-state index contributed by atoms with van der Waals surface area (Å²) in [6, 6.07) is 1.60. The van der Waals surface area contributed by atoms with E-state index >= 15 is 0 Å². The first-order valence-corrected chi connectivity index (χ1v) is 9.84. The Kier molecular flexibility index (Phi) is 5.57. The first-order valence-electron chi connectivity index (χ1n) is 9.46. The molecule has 3 fully saturated rings. The molecule has 1 aromatic rings. The van der Waals surface area contributed by atoms with Crippen LogP contribution in [0.15, 0.2) is 6.07 Å². The Morgan fingerprint density at radius 3 is 2.54 bits per heavy atom. The van der Waals surface area contributed by atoms with E-state index in [1.54, 1.807) is 0 Å². The van der Waals surface area contributed by atoms with Crippen LogP contribution in [0.3, 0.4) is 0 Å². The topological polar surface area (TPSA) is 50.3 Å². The van der Waals surface area contributed by atoms with Gasteiger partial charge in [0.05, 0.1) is 5.56 Å². The fourth-order valence-corrected chi connectivity index (χ4v) is 4.96. The summed E-state index contributed by atoms with van der Waals surface area (Å²) in [4.78, 5) is 2.61. The van der Waals surface area contributed by atoms with Crippen molar-refractivity contribution in [2.45, 2.75) is 38.2 Å². The van der Waals surface area contributed by atoms with Gasteiger partial charge >= 0.3 is 0 Å². The summed E-state index contributed by atoms with van der Waals surface area (Å²) in [5.74, 6) is 2.53. The molecular formula is C18H25ClF2N4O. The summed E-state index contributed by atoms with van der Waals surface area (Å²) < 4.78 is 31.3. The molecule has 144 valence electrons. The van der Waals surface area contributed by atoms with E-state index in [0.717, 1.165) is 45.1 Å². The highest BCUT2D eigenvalue weighted by atomic mass is 35.5. The van der Waals surface area contributed by atoms with E-state index in [1.165, 1.54) is 25.5 Å². The average molecular weight is 387 g/mol. The molecule has 1 aromatic heterocycles. The summed E-state index contributed by atoms with van der Waals surface area (Å²) >= 11 is 5.69. The SMILES string of the molecule is FC(F)c1cc(N[C@H]2C[C@@H]3CN(CC4CCOCC4)C[C@@H]3C2)nnc1Cl. The number of likely N-dealkylation sites (tertiary alicyclic amines) is 1. The normalized spacial score (nSPS) is 30.1.